The van der Waals surface area contributed by atoms with Gasteiger partial charge < -0.3 is 9.47 Å². The number of Topliss-reactive ketones (excluding diaryl/α,β-unsaturated/α-hetero) is 1. The van der Waals surface area contributed by atoms with Crippen LogP contribution in [0.2, 0.25) is 0 Å². The lowest BCUT2D eigenvalue weighted by molar-refractivity contribution is -0.129. The van der Waals surface area contributed by atoms with Gasteiger partial charge in [-0.2, -0.15) is 0 Å². The zero-order chi connectivity index (χ0) is 21.9. The number of ketones is 1. The highest BCUT2D eigenvalue weighted by atomic mass is 16.5. The van der Waals surface area contributed by atoms with E-state index in [0.29, 0.717) is 25.2 Å². The molecule has 3 rings (SSSR count). The van der Waals surface area contributed by atoms with Gasteiger partial charge in [-0.15, -0.1) is 0 Å². The summed E-state index contributed by atoms with van der Waals surface area (Å²) in [6, 6.07) is 28.3. The molecule has 0 saturated carbocycles. The maximum atomic E-state index is 13.0. The molecule has 0 heterocycles. The van der Waals surface area contributed by atoms with Crippen LogP contribution in [0, 0.1) is 5.92 Å². The molecule has 4 heteroatoms. The SMILES string of the molecule is CC(COCc1ccccc1)CC(=O)C(Cc1ccccc1)OC(=O)c1ccccc1. The van der Waals surface area contributed by atoms with Gasteiger partial charge in [-0.1, -0.05) is 85.8 Å². The van der Waals surface area contributed by atoms with E-state index in [-0.39, 0.29) is 18.1 Å². The van der Waals surface area contributed by atoms with Crippen LogP contribution in [0.25, 0.3) is 0 Å². The van der Waals surface area contributed by atoms with Crippen molar-refractivity contribution in [3.8, 4) is 0 Å². The van der Waals surface area contributed by atoms with Gasteiger partial charge in [-0.05, 0) is 29.2 Å². The molecule has 160 valence electrons. The molecule has 3 aromatic carbocycles. The molecular weight excluding hydrogens is 388 g/mol. The van der Waals surface area contributed by atoms with Crippen LogP contribution in [0.1, 0.15) is 34.8 Å². The molecule has 0 aliphatic carbocycles. The molecule has 3 aromatic rings. The third-order valence-corrected chi connectivity index (χ3v) is 4.95. The first-order valence-electron chi connectivity index (χ1n) is 10.6. The van der Waals surface area contributed by atoms with Gasteiger partial charge in [0.05, 0.1) is 12.2 Å². The zero-order valence-corrected chi connectivity index (χ0v) is 17.8. The minimum Gasteiger partial charge on any atom is -0.450 e. The fourth-order valence-corrected chi connectivity index (χ4v) is 3.31. The summed E-state index contributed by atoms with van der Waals surface area (Å²) in [5, 5.41) is 0. The molecule has 2 atom stereocenters. The average molecular weight is 417 g/mol. The van der Waals surface area contributed by atoms with Gasteiger partial charge >= 0.3 is 5.97 Å². The molecule has 2 unspecified atom stereocenters. The Morgan fingerprint density at radius 1 is 0.774 bits per heavy atom. The van der Waals surface area contributed by atoms with Crippen molar-refractivity contribution in [2.75, 3.05) is 6.61 Å². The van der Waals surface area contributed by atoms with Gasteiger partial charge in [0.2, 0.25) is 0 Å². The molecule has 0 amide bonds. The second-order valence-electron chi connectivity index (χ2n) is 7.73. The standard InChI is InChI=1S/C27H28O4/c1-21(19-30-20-23-13-7-3-8-14-23)17-25(28)26(18-22-11-5-2-6-12-22)31-27(29)24-15-9-4-10-16-24/h2-16,21,26H,17-20H2,1H3. The second kappa shape index (κ2) is 11.8. The van der Waals surface area contributed by atoms with Crippen molar-refractivity contribution in [1.82, 2.24) is 0 Å². The molecule has 0 aliphatic heterocycles. The van der Waals surface area contributed by atoms with Crippen LogP contribution >= 0.6 is 0 Å². The van der Waals surface area contributed by atoms with Gasteiger partial charge in [0.1, 0.15) is 0 Å². The molecule has 0 fully saturated rings. The molecule has 0 spiro atoms. The predicted molar refractivity (Wildman–Crippen MR) is 121 cm³/mol. The number of ether oxygens (including phenoxy) is 2. The fraction of sp³-hybridized carbons (Fsp3) is 0.259. The minimum atomic E-state index is -0.827. The Balaban J connectivity index is 1.58. The molecule has 4 nitrogen and oxygen atoms in total. The zero-order valence-electron chi connectivity index (χ0n) is 17.8. The first-order chi connectivity index (χ1) is 15.1. The highest BCUT2D eigenvalue weighted by Gasteiger charge is 2.25. The molecule has 31 heavy (non-hydrogen) atoms. The van der Waals surface area contributed by atoms with Crippen molar-refractivity contribution < 1.29 is 19.1 Å². The Morgan fingerprint density at radius 2 is 1.32 bits per heavy atom. The summed E-state index contributed by atoms with van der Waals surface area (Å²) < 4.78 is 11.4. The van der Waals surface area contributed by atoms with Crippen molar-refractivity contribution in [2.24, 2.45) is 5.92 Å². The minimum absolute atomic E-state index is 0.0184. The van der Waals surface area contributed by atoms with Crippen LogP contribution in [0.5, 0.6) is 0 Å². The molecule has 0 aromatic heterocycles. The van der Waals surface area contributed by atoms with Gasteiger partial charge in [0, 0.05) is 19.4 Å². The number of carbonyl (C=O) groups excluding carboxylic acids is 2. The van der Waals surface area contributed by atoms with Crippen LogP contribution < -0.4 is 0 Å². The van der Waals surface area contributed by atoms with Crippen molar-refractivity contribution >= 4 is 11.8 Å². The largest absolute Gasteiger partial charge is 0.450 e. The molecule has 0 N–H and O–H groups in total. The second-order valence-corrected chi connectivity index (χ2v) is 7.73. The van der Waals surface area contributed by atoms with Crippen LogP contribution in [-0.2, 0) is 27.3 Å². The summed E-state index contributed by atoms with van der Waals surface area (Å²) in [6.07, 6.45) is -0.184. The van der Waals surface area contributed by atoms with Crippen molar-refractivity contribution in [3.63, 3.8) is 0 Å². The van der Waals surface area contributed by atoms with Crippen molar-refractivity contribution in [1.29, 1.82) is 0 Å². The molecule has 0 saturated heterocycles. The quantitative estimate of drug-likeness (QED) is 0.400. The Hall–Kier alpha value is -3.24. The Labute approximate surface area is 183 Å². The highest BCUT2D eigenvalue weighted by molar-refractivity contribution is 5.93. The van der Waals surface area contributed by atoms with E-state index in [0.717, 1.165) is 11.1 Å². The van der Waals surface area contributed by atoms with E-state index in [1.54, 1.807) is 24.3 Å². The third-order valence-electron chi connectivity index (χ3n) is 4.95. The summed E-state index contributed by atoms with van der Waals surface area (Å²) in [7, 11) is 0. The number of hydrogen-bond acceptors (Lipinski definition) is 4. The van der Waals surface area contributed by atoms with Crippen LogP contribution in [0.15, 0.2) is 91.0 Å². The summed E-state index contributed by atoms with van der Waals surface area (Å²) in [4.78, 5) is 25.6. The molecule has 0 radical (unpaired) electrons. The normalized spacial score (nSPS) is 12.7. The van der Waals surface area contributed by atoms with E-state index >= 15 is 0 Å². The summed E-state index contributed by atoms with van der Waals surface area (Å²) in [5.74, 6) is -0.559. The number of rotatable bonds is 11. The van der Waals surface area contributed by atoms with Crippen LogP contribution in [-0.4, -0.2) is 24.5 Å². The number of hydrogen-bond donors (Lipinski definition) is 0. The van der Waals surface area contributed by atoms with Gasteiger partial charge in [0.25, 0.3) is 0 Å². The predicted octanol–water partition coefficient (Wildman–Crippen LogP) is 5.27. The van der Waals surface area contributed by atoms with Crippen molar-refractivity contribution in [2.45, 2.75) is 32.5 Å². The highest BCUT2D eigenvalue weighted by Crippen LogP contribution is 2.15. The Kier molecular flexibility index (Phi) is 8.56. The van der Waals surface area contributed by atoms with E-state index in [1.807, 2.05) is 73.7 Å². The van der Waals surface area contributed by atoms with Gasteiger partial charge in [0.15, 0.2) is 11.9 Å². The first kappa shape index (κ1) is 22.4. The van der Waals surface area contributed by atoms with Gasteiger partial charge in [-0.25, -0.2) is 4.79 Å². The monoisotopic (exact) mass is 416 g/mol. The van der Waals surface area contributed by atoms with Gasteiger partial charge in [-0.3, -0.25) is 4.79 Å². The third kappa shape index (κ3) is 7.50. The lowest BCUT2D eigenvalue weighted by atomic mass is 9.97. The Morgan fingerprint density at radius 3 is 1.94 bits per heavy atom. The van der Waals surface area contributed by atoms with E-state index in [1.165, 1.54) is 0 Å². The molecular formula is C27H28O4. The number of benzene rings is 3. The maximum absolute atomic E-state index is 13.0. The molecule has 0 bridgehead atoms. The van der Waals surface area contributed by atoms with E-state index < -0.39 is 12.1 Å². The number of carbonyl (C=O) groups is 2. The van der Waals surface area contributed by atoms with E-state index in [4.69, 9.17) is 9.47 Å². The van der Waals surface area contributed by atoms with Crippen molar-refractivity contribution in [3.05, 3.63) is 108 Å². The maximum Gasteiger partial charge on any atom is 0.338 e. The van der Waals surface area contributed by atoms with Crippen LogP contribution in [0.4, 0.5) is 0 Å². The fourth-order valence-electron chi connectivity index (χ4n) is 3.31. The summed E-state index contributed by atoms with van der Waals surface area (Å²) >= 11 is 0. The molecule has 0 aliphatic rings. The van der Waals surface area contributed by atoms with Crippen LogP contribution in [0.3, 0.4) is 0 Å². The lowest BCUT2D eigenvalue weighted by Gasteiger charge is -2.19. The lowest BCUT2D eigenvalue weighted by Crippen LogP contribution is -2.31. The van der Waals surface area contributed by atoms with E-state index in [2.05, 4.69) is 0 Å². The smallest absolute Gasteiger partial charge is 0.338 e. The summed E-state index contributed by atoms with van der Waals surface area (Å²) in [6.45, 7) is 2.95. The number of esters is 1. The Bertz CT molecular complexity index is 939. The average Bonchev–Trinajstić information content (AvgIpc) is 2.80. The first-order valence-corrected chi connectivity index (χ1v) is 10.6. The summed E-state index contributed by atoms with van der Waals surface area (Å²) in [5.41, 5.74) is 2.49. The topological polar surface area (TPSA) is 52.6 Å². The van der Waals surface area contributed by atoms with E-state index in [9.17, 15) is 9.59 Å².